The highest BCUT2D eigenvalue weighted by Gasteiger charge is 2.00. The molecule has 4 heteroatoms. The van der Waals surface area contributed by atoms with Crippen LogP contribution in [-0.2, 0) is 19.5 Å². The maximum Gasteiger partial charge on any atom is 0.108 e. The Morgan fingerprint density at radius 3 is 2.87 bits per heavy atom. The third-order valence-corrected chi connectivity index (χ3v) is 2.43. The second-order valence-corrected chi connectivity index (χ2v) is 3.59. The van der Waals surface area contributed by atoms with E-state index >= 15 is 0 Å². The van der Waals surface area contributed by atoms with Crippen molar-refractivity contribution in [3.63, 3.8) is 0 Å². The zero-order chi connectivity index (χ0) is 10.5. The number of hydrogen-bond donors (Lipinski definition) is 0. The third kappa shape index (κ3) is 2.46. The molecule has 2 heterocycles. The number of nitrogens with zero attached hydrogens (tertiary/aromatic N) is 4. The van der Waals surface area contributed by atoms with Gasteiger partial charge >= 0.3 is 0 Å². The molecule has 0 saturated carbocycles. The summed E-state index contributed by atoms with van der Waals surface area (Å²) in [6.07, 6.45) is 11.7. The van der Waals surface area contributed by atoms with Crippen molar-refractivity contribution in [3.05, 3.63) is 36.9 Å². The van der Waals surface area contributed by atoms with Gasteiger partial charge in [0.05, 0.1) is 6.33 Å². The van der Waals surface area contributed by atoms with Crippen LogP contribution in [0.4, 0.5) is 0 Å². The lowest BCUT2D eigenvalue weighted by molar-refractivity contribution is 0.556. The first-order valence-corrected chi connectivity index (χ1v) is 5.36. The first kappa shape index (κ1) is 9.96. The van der Waals surface area contributed by atoms with Gasteiger partial charge in [0.25, 0.3) is 0 Å². The van der Waals surface area contributed by atoms with E-state index in [4.69, 9.17) is 0 Å². The third-order valence-electron chi connectivity index (χ3n) is 2.43. The van der Waals surface area contributed by atoms with E-state index in [-0.39, 0.29) is 0 Å². The molecule has 0 N–H and O–H groups in total. The fourth-order valence-corrected chi connectivity index (χ4v) is 1.64. The topological polar surface area (TPSA) is 35.6 Å². The lowest BCUT2D eigenvalue weighted by Gasteiger charge is -2.07. The van der Waals surface area contributed by atoms with E-state index in [1.54, 1.807) is 6.20 Å². The quantitative estimate of drug-likeness (QED) is 0.743. The molecule has 0 saturated heterocycles. The molecule has 0 bridgehead atoms. The number of aryl methyl sites for hydroxylation is 3. The smallest absolute Gasteiger partial charge is 0.108 e. The summed E-state index contributed by atoms with van der Waals surface area (Å²) in [5, 5.41) is 0. The van der Waals surface area contributed by atoms with Crippen molar-refractivity contribution < 1.29 is 0 Å². The van der Waals surface area contributed by atoms with Gasteiger partial charge in [-0.05, 0) is 6.42 Å². The Labute approximate surface area is 89.6 Å². The molecule has 2 rings (SSSR count). The molecule has 0 aliphatic rings. The molecular formula is C11H16N4. The summed E-state index contributed by atoms with van der Waals surface area (Å²) in [6.45, 7) is 4.09. The van der Waals surface area contributed by atoms with E-state index in [0.29, 0.717) is 0 Å². The number of hydrogen-bond acceptors (Lipinski definition) is 2. The Kier molecular flexibility index (Phi) is 3.17. The van der Waals surface area contributed by atoms with Crippen LogP contribution in [0.3, 0.4) is 0 Å². The molecular weight excluding hydrogens is 188 g/mol. The second kappa shape index (κ2) is 4.77. The van der Waals surface area contributed by atoms with Crippen molar-refractivity contribution in [1.29, 1.82) is 0 Å². The summed E-state index contributed by atoms with van der Waals surface area (Å²) >= 11 is 0. The van der Waals surface area contributed by atoms with Crippen molar-refractivity contribution in [1.82, 2.24) is 19.1 Å². The molecule has 0 aliphatic carbocycles. The standard InChI is InChI=1S/C11H16N4/c1-2-3-11-13-5-7-15(11)9-8-14-6-4-12-10-14/h4-7,10H,2-3,8-9H2,1H3. The number of aromatic nitrogens is 4. The van der Waals surface area contributed by atoms with Gasteiger partial charge in [0.1, 0.15) is 5.82 Å². The highest BCUT2D eigenvalue weighted by molar-refractivity contribution is 4.92. The molecule has 0 fully saturated rings. The fraction of sp³-hybridized carbons (Fsp3) is 0.455. The van der Waals surface area contributed by atoms with Crippen molar-refractivity contribution >= 4 is 0 Å². The van der Waals surface area contributed by atoms with Crippen LogP contribution in [0.1, 0.15) is 19.2 Å². The molecule has 4 nitrogen and oxygen atoms in total. The van der Waals surface area contributed by atoms with Gasteiger partial charge in [0.2, 0.25) is 0 Å². The maximum atomic E-state index is 4.34. The van der Waals surface area contributed by atoms with Gasteiger partial charge < -0.3 is 9.13 Å². The van der Waals surface area contributed by atoms with Crippen LogP contribution >= 0.6 is 0 Å². The fourth-order valence-electron chi connectivity index (χ4n) is 1.64. The molecule has 80 valence electrons. The first-order valence-electron chi connectivity index (χ1n) is 5.36. The van der Waals surface area contributed by atoms with Gasteiger partial charge in [-0.25, -0.2) is 9.97 Å². The molecule has 0 spiro atoms. The zero-order valence-corrected chi connectivity index (χ0v) is 9.00. The van der Waals surface area contributed by atoms with Gasteiger partial charge in [0, 0.05) is 44.3 Å². The van der Waals surface area contributed by atoms with E-state index in [2.05, 4.69) is 26.0 Å². The Bertz CT molecular complexity index is 388. The summed E-state index contributed by atoms with van der Waals surface area (Å²) < 4.78 is 4.29. The van der Waals surface area contributed by atoms with Crippen molar-refractivity contribution in [3.8, 4) is 0 Å². The Hall–Kier alpha value is -1.58. The molecule has 0 aromatic carbocycles. The van der Waals surface area contributed by atoms with Gasteiger partial charge in [-0.15, -0.1) is 0 Å². The molecule has 0 radical (unpaired) electrons. The van der Waals surface area contributed by atoms with Crippen LogP contribution in [0.15, 0.2) is 31.1 Å². The molecule has 0 aliphatic heterocycles. The van der Waals surface area contributed by atoms with Crippen molar-refractivity contribution in [2.24, 2.45) is 0 Å². The zero-order valence-electron chi connectivity index (χ0n) is 9.00. The molecule has 0 unspecified atom stereocenters. The van der Waals surface area contributed by atoms with E-state index in [9.17, 15) is 0 Å². The SMILES string of the molecule is CCCc1nccn1CCn1ccnc1. The highest BCUT2D eigenvalue weighted by atomic mass is 15.1. The van der Waals surface area contributed by atoms with E-state index in [0.717, 1.165) is 25.9 Å². The summed E-state index contributed by atoms with van der Waals surface area (Å²) in [5.74, 6) is 1.18. The Morgan fingerprint density at radius 2 is 2.13 bits per heavy atom. The van der Waals surface area contributed by atoms with E-state index in [1.165, 1.54) is 5.82 Å². The van der Waals surface area contributed by atoms with Crippen molar-refractivity contribution in [2.45, 2.75) is 32.9 Å². The first-order chi connectivity index (χ1) is 7.40. The second-order valence-electron chi connectivity index (χ2n) is 3.59. The normalized spacial score (nSPS) is 10.7. The van der Waals surface area contributed by atoms with Crippen LogP contribution in [0.2, 0.25) is 0 Å². The molecule has 2 aromatic heterocycles. The average Bonchev–Trinajstić information content (AvgIpc) is 2.85. The van der Waals surface area contributed by atoms with Crippen LogP contribution in [0.25, 0.3) is 0 Å². The molecule has 15 heavy (non-hydrogen) atoms. The van der Waals surface area contributed by atoms with Crippen LogP contribution in [0, 0.1) is 0 Å². The average molecular weight is 204 g/mol. The number of rotatable bonds is 5. The van der Waals surface area contributed by atoms with Crippen molar-refractivity contribution in [2.75, 3.05) is 0 Å². The predicted octanol–water partition coefficient (Wildman–Crippen LogP) is 1.73. The van der Waals surface area contributed by atoms with Crippen LogP contribution in [0.5, 0.6) is 0 Å². The lowest BCUT2D eigenvalue weighted by atomic mass is 10.3. The molecule has 0 amide bonds. The monoisotopic (exact) mass is 204 g/mol. The van der Waals surface area contributed by atoms with Gasteiger partial charge in [-0.2, -0.15) is 0 Å². The predicted molar refractivity (Wildman–Crippen MR) is 58.4 cm³/mol. The van der Waals surface area contributed by atoms with Gasteiger partial charge in [-0.1, -0.05) is 6.92 Å². The van der Waals surface area contributed by atoms with E-state index < -0.39 is 0 Å². The van der Waals surface area contributed by atoms with Crippen LogP contribution < -0.4 is 0 Å². The van der Waals surface area contributed by atoms with Crippen LogP contribution in [-0.4, -0.2) is 19.1 Å². The number of imidazole rings is 2. The minimum absolute atomic E-state index is 0.951. The minimum atomic E-state index is 0.951. The Morgan fingerprint density at radius 1 is 1.20 bits per heavy atom. The summed E-state index contributed by atoms with van der Waals surface area (Å²) in [5.41, 5.74) is 0. The van der Waals surface area contributed by atoms with Gasteiger partial charge in [-0.3, -0.25) is 0 Å². The summed E-state index contributed by atoms with van der Waals surface area (Å²) in [7, 11) is 0. The molecule has 2 aromatic rings. The summed E-state index contributed by atoms with van der Waals surface area (Å²) in [4.78, 5) is 8.36. The van der Waals surface area contributed by atoms with Gasteiger partial charge in [0.15, 0.2) is 0 Å². The maximum absolute atomic E-state index is 4.34. The Balaban J connectivity index is 1.95. The summed E-state index contributed by atoms with van der Waals surface area (Å²) in [6, 6.07) is 0. The largest absolute Gasteiger partial charge is 0.336 e. The minimum Gasteiger partial charge on any atom is -0.336 e. The van der Waals surface area contributed by atoms with E-state index in [1.807, 2.05) is 24.9 Å². The lowest BCUT2D eigenvalue weighted by Crippen LogP contribution is -2.08. The highest BCUT2D eigenvalue weighted by Crippen LogP contribution is 2.02. The molecule has 0 atom stereocenters.